The fourth-order valence-electron chi connectivity index (χ4n) is 1.94. The molecule has 6 heteroatoms. The SMILES string of the molecule is CN[C@H]1CCN(C(=O)Nc2ccccc2Cl)C1.Cl. The number of likely N-dealkylation sites (N-methyl/N-ethyl adjacent to an activating group) is 1. The minimum atomic E-state index is -0.0872. The minimum Gasteiger partial charge on any atom is -0.323 e. The van der Waals surface area contributed by atoms with Crippen LogP contribution in [0, 0.1) is 0 Å². The molecule has 18 heavy (non-hydrogen) atoms. The number of para-hydroxylation sites is 1. The molecule has 2 N–H and O–H groups in total. The van der Waals surface area contributed by atoms with E-state index in [9.17, 15) is 4.79 Å². The van der Waals surface area contributed by atoms with Crippen molar-refractivity contribution in [1.82, 2.24) is 10.2 Å². The van der Waals surface area contributed by atoms with E-state index in [1.165, 1.54) is 0 Å². The van der Waals surface area contributed by atoms with Gasteiger partial charge in [-0.1, -0.05) is 23.7 Å². The van der Waals surface area contributed by atoms with Gasteiger partial charge in [-0.3, -0.25) is 0 Å². The number of nitrogens with zero attached hydrogens (tertiary/aromatic N) is 1. The van der Waals surface area contributed by atoms with Gasteiger partial charge >= 0.3 is 6.03 Å². The highest BCUT2D eigenvalue weighted by atomic mass is 35.5. The number of nitrogens with one attached hydrogen (secondary N) is 2. The topological polar surface area (TPSA) is 44.4 Å². The molecule has 0 radical (unpaired) electrons. The van der Waals surface area contributed by atoms with Gasteiger partial charge in [-0.15, -0.1) is 12.4 Å². The molecule has 0 aliphatic carbocycles. The molecule has 1 aromatic carbocycles. The van der Waals surface area contributed by atoms with Crippen molar-refractivity contribution in [1.29, 1.82) is 0 Å². The normalized spacial score (nSPS) is 18.3. The molecule has 0 aromatic heterocycles. The number of halogens is 2. The minimum absolute atomic E-state index is 0. The van der Waals surface area contributed by atoms with Crippen LogP contribution in [-0.2, 0) is 0 Å². The quantitative estimate of drug-likeness (QED) is 0.879. The third kappa shape index (κ3) is 3.51. The molecule has 2 rings (SSSR count). The zero-order valence-electron chi connectivity index (χ0n) is 10.1. The number of urea groups is 1. The lowest BCUT2D eigenvalue weighted by atomic mass is 10.3. The van der Waals surface area contributed by atoms with Gasteiger partial charge in [0.25, 0.3) is 0 Å². The maximum atomic E-state index is 12.0. The van der Waals surface area contributed by atoms with Gasteiger partial charge in [-0.2, -0.15) is 0 Å². The number of benzene rings is 1. The number of carbonyl (C=O) groups is 1. The molecule has 1 aliphatic rings. The highest BCUT2D eigenvalue weighted by molar-refractivity contribution is 6.33. The first-order valence-electron chi connectivity index (χ1n) is 5.68. The highest BCUT2D eigenvalue weighted by Crippen LogP contribution is 2.21. The predicted molar refractivity (Wildman–Crippen MR) is 76.8 cm³/mol. The summed E-state index contributed by atoms with van der Waals surface area (Å²) in [4.78, 5) is 13.8. The Kier molecular flexibility index (Phi) is 5.72. The van der Waals surface area contributed by atoms with Crippen molar-refractivity contribution in [3.05, 3.63) is 29.3 Å². The highest BCUT2D eigenvalue weighted by Gasteiger charge is 2.25. The molecule has 1 atom stereocenters. The van der Waals surface area contributed by atoms with Crippen LogP contribution >= 0.6 is 24.0 Å². The number of carbonyl (C=O) groups excluding carboxylic acids is 1. The number of likely N-dealkylation sites (tertiary alicyclic amines) is 1. The Morgan fingerprint density at radius 3 is 2.78 bits per heavy atom. The van der Waals surface area contributed by atoms with Gasteiger partial charge in [0.05, 0.1) is 10.7 Å². The second kappa shape index (κ2) is 6.83. The summed E-state index contributed by atoms with van der Waals surface area (Å²) in [6, 6.07) is 7.55. The first-order valence-corrected chi connectivity index (χ1v) is 6.06. The van der Waals surface area contributed by atoms with Crippen molar-refractivity contribution in [2.45, 2.75) is 12.5 Å². The summed E-state index contributed by atoms with van der Waals surface area (Å²) in [5.74, 6) is 0. The first-order chi connectivity index (χ1) is 8.20. The first kappa shape index (κ1) is 15.1. The molecular weight excluding hydrogens is 273 g/mol. The summed E-state index contributed by atoms with van der Waals surface area (Å²) < 4.78 is 0. The Labute approximate surface area is 118 Å². The van der Waals surface area contributed by atoms with Crippen LogP contribution in [0.5, 0.6) is 0 Å². The van der Waals surface area contributed by atoms with Crippen LogP contribution in [0.2, 0.25) is 5.02 Å². The Morgan fingerprint density at radius 1 is 1.44 bits per heavy atom. The Hall–Kier alpha value is -0.970. The van der Waals surface area contributed by atoms with Gasteiger partial charge in [0.15, 0.2) is 0 Å². The summed E-state index contributed by atoms with van der Waals surface area (Å²) in [5, 5.41) is 6.56. The molecule has 1 saturated heterocycles. The molecular formula is C12H17Cl2N3O. The molecule has 1 aromatic rings. The molecule has 1 aliphatic heterocycles. The molecule has 1 fully saturated rings. The van der Waals surface area contributed by atoms with Crippen LogP contribution in [0.1, 0.15) is 6.42 Å². The van der Waals surface area contributed by atoms with Gasteiger partial charge in [0.1, 0.15) is 0 Å². The van der Waals surface area contributed by atoms with E-state index in [0.29, 0.717) is 16.8 Å². The van der Waals surface area contributed by atoms with Crippen LogP contribution in [0.4, 0.5) is 10.5 Å². The summed E-state index contributed by atoms with van der Waals surface area (Å²) in [6.07, 6.45) is 0.993. The van der Waals surface area contributed by atoms with Crippen molar-refractivity contribution >= 4 is 35.7 Å². The van der Waals surface area contributed by atoms with Crippen molar-refractivity contribution in [2.75, 3.05) is 25.5 Å². The van der Waals surface area contributed by atoms with Crippen LogP contribution in [0.25, 0.3) is 0 Å². The van der Waals surface area contributed by atoms with E-state index in [2.05, 4.69) is 10.6 Å². The summed E-state index contributed by atoms with van der Waals surface area (Å²) in [7, 11) is 1.92. The van der Waals surface area contributed by atoms with Crippen LogP contribution in [0.3, 0.4) is 0 Å². The van der Waals surface area contributed by atoms with E-state index in [1.54, 1.807) is 17.0 Å². The van der Waals surface area contributed by atoms with Crippen molar-refractivity contribution in [2.24, 2.45) is 0 Å². The standard InChI is InChI=1S/C12H16ClN3O.ClH/c1-14-9-6-7-16(8-9)12(17)15-11-5-3-2-4-10(11)13;/h2-5,9,14H,6-8H2,1H3,(H,15,17);1H/t9-;/m0./s1. The average Bonchev–Trinajstić information content (AvgIpc) is 2.81. The molecule has 0 bridgehead atoms. The van der Waals surface area contributed by atoms with Gasteiger partial charge in [-0.25, -0.2) is 4.79 Å². The van der Waals surface area contributed by atoms with Crippen LogP contribution in [-0.4, -0.2) is 37.1 Å². The smallest absolute Gasteiger partial charge is 0.321 e. The molecule has 0 spiro atoms. The maximum Gasteiger partial charge on any atom is 0.321 e. The Balaban J connectivity index is 0.00000162. The van der Waals surface area contributed by atoms with Crippen LogP contribution < -0.4 is 10.6 Å². The van der Waals surface area contributed by atoms with Gasteiger partial charge in [0, 0.05) is 19.1 Å². The fraction of sp³-hybridized carbons (Fsp3) is 0.417. The number of rotatable bonds is 2. The van der Waals surface area contributed by atoms with E-state index < -0.39 is 0 Å². The summed E-state index contributed by atoms with van der Waals surface area (Å²) >= 11 is 5.99. The maximum absolute atomic E-state index is 12.0. The van der Waals surface area contributed by atoms with E-state index in [1.807, 2.05) is 19.2 Å². The summed E-state index contributed by atoms with van der Waals surface area (Å²) in [5.41, 5.74) is 0.659. The number of anilines is 1. The zero-order valence-corrected chi connectivity index (χ0v) is 11.7. The zero-order chi connectivity index (χ0) is 12.3. The van der Waals surface area contributed by atoms with Gasteiger partial charge in [0.2, 0.25) is 0 Å². The third-order valence-corrected chi connectivity index (χ3v) is 3.33. The number of amides is 2. The summed E-state index contributed by atoms with van der Waals surface area (Å²) in [6.45, 7) is 1.52. The fourth-order valence-corrected chi connectivity index (χ4v) is 2.12. The van der Waals surface area contributed by atoms with Crippen molar-refractivity contribution < 1.29 is 4.79 Å². The van der Waals surface area contributed by atoms with Gasteiger partial charge in [-0.05, 0) is 25.6 Å². The largest absolute Gasteiger partial charge is 0.323 e. The van der Waals surface area contributed by atoms with E-state index in [4.69, 9.17) is 11.6 Å². The molecule has 4 nitrogen and oxygen atoms in total. The lowest BCUT2D eigenvalue weighted by Gasteiger charge is -2.17. The monoisotopic (exact) mass is 289 g/mol. The molecule has 1 heterocycles. The molecule has 100 valence electrons. The number of hydrogen-bond acceptors (Lipinski definition) is 2. The van der Waals surface area contributed by atoms with E-state index >= 15 is 0 Å². The lowest BCUT2D eigenvalue weighted by molar-refractivity contribution is 0.221. The Bertz CT molecular complexity index is 414. The number of hydrogen-bond donors (Lipinski definition) is 2. The molecule has 0 unspecified atom stereocenters. The third-order valence-electron chi connectivity index (χ3n) is 3.00. The van der Waals surface area contributed by atoms with Crippen LogP contribution in [0.15, 0.2) is 24.3 Å². The van der Waals surface area contributed by atoms with Gasteiger partial charge < -0.3 is 15.5 Å². The molecule has 2 amide bonds. The van der Waals surface area contributed by atoms with E-state index in [-0.39, 0.29) is 18.4 Å². The second-order valence-corrected chi connectivity index (χ2v) is 4.54. The van der Waals surface area contributed by atoms with E-state index in [0.717, 1.165) is 19.5 Å². The average molecular weight is 290 g/mol. The molecule has 0 saturated carbocycles. The predicted octanol–water partition coefficient (Wildman–Crippen LogP) is 2.59. The Morgan fingerprint density at radius 2 is 2.17 bits per heavy atom. The van der Waals surface area contributed by atoms with Crippen molar-refractivity contribution in [3.63, 3.8) is 0 Å². The van der Waals surface area contributed by atoms with Crippen molar-refractivity contribution in [3.8, 4) is 0 Å². The lowest BCUT2D eigenvalue weighted by Crippen LogP contribution is -2.36. The second-order valence-electron chi connectivity index (χ2n) is 4.13.